The summed E-state index contributed by atoms with van der Waals surface area (Å²) >= 11 is 8.18. The van der Waals surface area contributed by atoms with Gasteiger partial charge in [-0.15, -0.1) is 0 Å². The average Bonchev–Trinajstić information content (AvgIpc) is 2.32. The van der Waals surface area contributed by atoms with E-state index >= 15 is 0 Å². The summed E-state index contributed by atoms with van der Waals surface area (Å²) in [6.07, 6.45) is 0.906. The van der Waals surface area contributed by atoms with Crippen molar-refractivity contribution in [1.29, 1.82) is 0 Å². The molecule has 0 radical (unpaired) electrons. The van der Waals surface area contributed by atoms with Crippen molar-refractivity contribution in [2.75, 3.05) is 23.0 Å². The Hall–Kier alpha value is -0.380. The van der Waals surface area contributed by atoms with Crippen LogP contribution in [0.25, 0.3) is 0 Å². The number of rotatable bonds is 3. The molecule has 1 aliphatic heterocycles. The summed E-state index contributed by atoms with van der Waals surface area (Å²) in [5, 5.41) is 0.809. The van der Waals surface area contributed by atoms with Crippen molar-refractivity contribution in [3.8, 4) is 0 Å². The molecular formula is C14H21ClN2S. The van der Waals surface area contributed by atoms with Crippen molar-refractivity contribution in [2.45, 2.75) is 32.4 Å². The first-order valence-electron chi connectivity index (χ1n) is 6.46. The van der Waals surface area contributed by atoms with Gasteiger partial charge >= 0.3 is 0 Å². The average molecular weight is 285 g/mol. The molecule has 1 aromatic rings. The van der Waals surface area contributed by atoms with Gasteiger partial charge in [0, 0.05) is 40.8 Å². The van der Waals surface area contributed by atoms with E-state index in [4.69, 9.17) is 17.3 Å². The van der Waals surface area contributed by atoms with Gasteiger partial charge in [0.2, 0.25) is 0 Å². The van der Waals surface area contributed by atoms with Crippen molar-refractivity contribution in [3.05, 3.63) is 28.8 Å². The maximum absolute atomic E-state index is 6.16. The van der Waals surface area contributed by atoms with Crippen LogP contribution in [0.2, 0.25) is 5.02 Å². The van der Waals surface area contributed by atoms with Crippen LogP contribution in [-0.4, -0.2) is 30.1 Å². The van der Waals surface area contributed by atoms with Gasteiger partial charge in [0.25, 0.3) is 0 Å². The van der Waals surface area contributed by atoms with Gasteiger partial charge in [-0.1, -0.05) is 17.7 Å². The fourth-order valence-electron chi connectivity index (χ4n) is 2.41. The molecule has 18 heavy (non-hydrogen) atoms. The standard InChI is InChI=1S/C14H21ClN2S/c1-10(16)7-12-3-4-13(15)8-14(12)17-5-6-18-9-11(17)2/h3-4,8,10-11H,5-7,9,16H2,1-2H3. The second kappa shape index (κ2) is 6.18. The fourth-order valence-corrected chi connectivity index (χ4v) is 3.59. The molecule has 0 aliphatic carbocycles. The zero-order chi connectivity index (χ0) is 13.1. The van der Waals surface area contributed by atoms with Crippen molar-refractivity contribution >= 4 is 29.1 Å². The van der Waals surface area contributed by atoms with Gasteiger partial charge in [-0.2, -0.15) is 11.8 Å². The Labute approximate surface area is 119 Å². The van der Waals surface area contributed by atoms with Gasteiger partial charge in [-0.05, 0) is 38.0 Å². The Kier molecular flexibility index (Phi) is 4.82. The number of thioether (sulfide) groups is 1. The minimum atomic E-state index is 0.180. The molecular weight excluding hydrogens is 264 g/mol. The zero-order valence-corrected chi connectivity index (χ0v) is 12.6. The summed E-state index contributed by atoms with van der Waals surface area (Å²) in [5.41, 5.74) is 8.52. The molecule has 0 amide bonds. The van der Waals surface area contributed by atoms with E-state index in [1.165, 1.54) is 22.8 Å². The molecule has 0 spiro atoms. The van der Waals surface area contributed by atoms with E-state index in [1.54, 1.807) is 0 Å². The lowest BCUT2D eigenvalue weighted by molar-refractivity contribution is 0.684. The van der Waals surface area contributed by atoms with Crippen LogP contribution < -0.4 is 10.6 Å². The molecule has 0 aromatic heterocycles. The summed E-state index contributed by atoms with van der Waals surface area (Å²) in [6.45, 7) is 5.43. The number of nitrogens with zero attached hydrogens (tertiary/aromatic N) is 1. The van der Waals surface area contributed by atoms with E-state index in [1.807, 2.05) is 24.8 Å². The van der Waals surface area contributed by atoms with Gasteiger partial charge < -0.3 is 10.6 Å². The molecule has 1 aliphatic rings. The summed E-state index contributed by atoms with van der Waals surface area (Å²) in [7, 11) is 0. The molecule has 2 unspecified atom stereocenters. The third-order valence-electron chi connectivity index (χ3n) is 3.27. The van der Waals surface area contributed by atoms with Gasteiger partial charge in [0.15, 0.2) is 0 Å². The molecule has 1 saturated heterocycles. The molecule has 2 N–H and O–H groups in total. The van der Waals surface area contributed by atoms with Crippen molar-refractivity contribution in [3.63, 3.8) is 0 Å². The highest BCUT2D eigenvalue weighted by molar-refractivity contribution is 7.99. The van der Waals surface area contributed by atoms with Crippen LogP contribution >= 0.6 is 23.4 Å². The number of hydrogen-bond acceptors (Lipinski definition) is 3. The lowest BCUT2D eigenvalue weighted by Gasteiger charge is -2.36. The molecule has 0 bridgehead atoms. The molecule has 100 valence electrons. The maximum atomic E-state index is 6.16. The van der Waals surface area contributed by atoms with Crippen LogP contribution in [0, 0.1) is 0 Å². The third kappa shape index (κ3) is 3.34. The Bertz CT molecular complexity index is 409. The summed E-state index contributed by atoms with van der Waals surface area (Å²) in [4.78, 5) is 2.47. The molecule has 2 nitrogen and oxygen atoms in total. The smallest absolute Gasteiger partial charge is 0.0426 e. The van der Waals surface area contributed by atoms with E-state index in [0.29, 0.717) is 6.04 Å². The highest BCUT2D eigenvalue weighted by Crippen LogP contribution is 2.30. The number of benzene rings is 1. The second-order valence-corrected chi connectivity index (χ2v) is 6.66. The highest BCUT2D eigenvalue weighted by Gasteiger charge is 2.21. The maximum Gasteiger partial charge on any atom is 0.0426 e. The first-order valence-corrected chi connectivity index (χ1v) is 7.99. The largest absolute Gasteiger partial charge is 0.367 e. The SMILES string of the molecule is CC(N)Cc1ccc(Cl)cc1N1CCSCC1C. The predicted octanol–water partition coefficient (Wildman–Crippen LogP) is 3.17. The van der Waals surface area contributed by atoms with Crippen molar-refractivity contribution in [2.24, 2.45) is 5.73 Å². The van der Waals surface area contributed by atoms with E-state index in [9.17, 15) is 0 Å². The number of anilines is 1. The molecule has 2 atom stereocenters. The van der Waals surface area contributed by atoms with Crippen LogP contribution in [-0.2, 0) is 6.42 Å². The molecule has 1 heterocycles. The third-order valence-corrected chi connectivity index (χ3v) is 4.69. The van der Waals surface area contributed by atoms with Crippen LogP contribution in [0.5, 0.6) is 0 Å². The highest BCUT2D eigenvalue weighted by atomic mass is 35.5. The zero-order valence-electron chi connectivity index (χ0n) is 11.0. The summed E-state index contributed by atoms with van der Waals surface area (Å²) in [6, 6.07) is 6.92. The second-order valence-electron chi connectivity index (χ2n) is 5.07. The normalized spacial score (nSPS) is 22.0. The first kappa shape index (κ1) is 14.0. The van der Waals surface area contributed by atoms with E-state index in [0.717, 1.165) is 18.0 Å². The van der Waals surface area contributed by atoms with E-state index < -0.39 is 0 Å². The van der Waals surface area contributed by atoms with Crippen LogP contribution in [0.15, 0.2) is 18.2 Å². The van der Waals surface area contributed by atoms with E-state index in [2.05, 4.69) is 24.0 Å². The van der Waals surface area contributed by atoms with Crippen LogP contribution in [0.3, 0.4) is 0 Å². The van der Waals surface area contributed by atoms with Crippen molar-refractivity contribution < 1.29 is 0 Å². The minimum Gasteiger partial charge on any atom is -0.367 e. The number of nitrogens with two attached hydrogens (primary N) is 1. The molecule has 1 fully saturated rings. The minimum absolute atomic E-state index is 0.180. The topological polar surface area (TPSA) is 29.3 Å². The predicted molar refractivity (Wildman–Crippen MR) is 82.9 cm³/mol. The number of hydrogen-bond donors (Lipinski definition) is 1. The van der Waals surface area contributed by atoms with Crippen molar-refractivity contribution in [1.82, 2.24) is 0 Å². The molecule has 4 heteroatoms. The number of halogens is 1. The lowest BCUT2D eigenvalue weighted by atomic mass is 10.0. The molecule has 0 saturated carbocycles. The van der Waals surface area contributed by atoms with Gasteiger partial charge in [-0.3, -0.25) is 0 Å². The fraction of sp³-hybridized carbons (Fsp3) is 0.571. The molecule has 1 aromatic carbocycles. The van der Waals surface area contributed by atoms with Crippen LogP contribution in [0.4, 0.5) is 5.69 Å². The monoisotopic (exact) mass is 284 g/mol. The van der Waals surface area contributed by atoms with Gasteiger partial charge in [-0.25, -0.2) is 0 Å². The quantitative estimate of drug-likeness (QED) is 0.924. The van der Waals surface area contributed by atoms with Crippen LogP contribution in [0.1, 0.15) is 19.4 Å². The Morgan fingerprint density at radius 3 is 3.00 bits per heavy atom. The van der Waals surface area contributed by atoms with E-state index in [-0.39, 0.29) is 6.04 Å². The molecule has 2 rings (SSSR count). The summed E-state index contributed by atoms with van der Waals surface area (Å²) in [5.74, 6) is 2.37. The van der Waals surface area contributed by atoms with Gasteiger partial charge in [0.1, 0.15) is 0 Å². The van der Waals surface area contributed by atoms with Gasteiger partial charge in [0.05, 0.1) is 0 Å². The Balaban J connectivity index is 2.31. The Morgan fingerprint density at radius 2 is 2.33 bits per heavy atom. The Morgan fingerprint density at radius 1 is 1.56 bits per heavy atom. The first-order chi connectivity index (χ1) is 8.58. The summed E-state index contributed by atoms with van der Waals surface area (Å²) < 4.78 is 0. The lowest BCUT2D eigenvalue weighted by Crippen LogP contribution is -2.41.